The van der Waals surface area contributed by atoms with E-state index in [4.69, 9.17) is 5.11 Å². The molecule has 1 N–H and O–H groups in total. The van der Waals surface area contributed by atoms with E-state index in [2.05, 4.69) is 26.2 Å². The minimum absolute atomic E-state index is 0.332. The number of carboxylic acids is 1. The van der Waals surface area contributed by atoms with E-state index < -0.39 is 5.97 Å². The van der Waals surface area contributed by atoms with Crippen LogP contribution in [0.5, 0.6) is 0 Å². The first kappa shape index (κ1) is 19.7. The van der Waals surface area contributed by atoms with Gasteiger partial charge in [0, 0.05) is 0 Å². The topological polar surface area (TPSA) is 37.3 Å². The molecule has 0 aromatic heterocycles. The normalized spacial score (nSPS) is 14.0. The monoisotopic (exact) mass is 292 g/mol. The van der Waals surface area contributed by atoms with Gasteiger partial charge in [0.2, 0.25) is 0 Å². The standard InChI is InChI=1S/C19H32O2/c1-4-7-8-9-14-17(12-5-2)15-10-11-16-18(13-6-3)19(20)21/h5-6,10-11,17-18H,2-4,7-9,12-16H2,1H3,(H,20,21). The van der Waals surface area contributed by atoms with Crippen LogP contribution in [0, 0.1) is 11.8 Å². The molecular weight excluding hydrogens is 260 g/mol. The largest absolute Gasteiger partial charge is 0.481 e. The van der Waals surface area contributed by atoms with Crippen LogP contribution in [0.2, 0.25) is 0 Å². The Hall–Kier alpha value is -1.31. The van der Waals surface area contributed by atoms with E-state index in [-0.39, 0.29) is 5.92 Å². The van der Waals surface area contributed by atoms with Crippen molar-refractivity contribution in [3.05, 3.63) is 37.5 Å². The summed E-state index contributed by atoms with van der Waals surface area (Å²) in [7, 11) is 0. The number of aliphatic carboxylic acids is 1. The van der Waals surface area contributed by atoms with Crippen LogP contribution in [-0.4, -0.2) is 11.1 Å². The molecular formula is C19H32O2. The third-order valence-electron chi connectivity index (χ3n) is 3.82. The summed E-state index contributed by atoms with van der Waals surface area (Å²) in [5.41, 5.74) is 0. The molecule has 0 aliphatic rings. The molecule has 0 rings (SSSR count). The lowest BCUT2D eigenvalue weighted by molar-refractivity contribution is -0.141. The highest BCUT2D eigenvalue weighted by atomic mass is 16.4. The smallest absolute Gasteiger partial charge is 0.307 e. The van der Waals surface area contributed by atoms with Gasteiger partial charge in [0.15, 0.2) is 0 Å². The van der Waals surface area contributed by atoms with Crippen molar-refractivity contribution >= 4 is 5.97 Å². The number of rotatable bonds is 14. The highest BCUT2D eigenvalue weighted by Crippen LogP contribution is 2.20. The maximum atomic E-state index is 11.0. The van der Waals surface area contributed by atoms with Crippen LogP contribution < -0.4 is 0 Å². The van der Waals surface area contributed by atoms with Gasteiger partial charge >= 0.3 is 5.97 Å². The second-order valence-corrected chi connectivity index (χ2v) is 5.74. The van der Waals surface area contributed by atoms with Crippen LogP contribution in [0.15, 0.2) is 37.5 Å². The molecule has 0 amide bonds. The van der Waals surface area contributed by atoms with Crippen LogP contribution >= 0.6 is 0 Å². The summed E-state index contributed by atoms with van der Waals surface area (Å²) in [5, 5.41) is 9.07. The summed E-state index contributed by atoms with van der Waals surface area (Å²) in [4.78, 5) is 11.0. The van der Waals surface area contributed by atoms with Crippen LogP contribution in [0.1, 0.15) is 64.7 Å². The summed E-state index contributed by atoms with van der Waals surface area (Å²) in [6, 6.07) is 0. The average Bonchev–Trinajstić information content (AvgIpc) is 2.46. The van der Waals surface area contributed by atoms with E-state index in [1.54, 1.807) is 6.08 Å². The van der Waals surface area contributed by atoms with Crippen molar-refractivity contribution in [2.24, 2.45) is 11.8 Å². The van der Waals surface area contributed by atoms with Gasteiger partial charge in [0.25, 0.3) is 0 Å². The van der Waals surface area contributed by atoms with Crippen molar-refractivity contribution in [3.8, 4) is 0 Å². The molecule has 2 heteroatoms. The van der Waals surface area contributed by atoms with Gasteiger partial charge in [-0.15, -0.1) is 13.2 Å². The number of allylic oxidation sites excluding steroid dienone is 4. The zero-order valence-electron chi connectivity index (χ0n) is 13.6. The lowest BCUT2D eigenvalue weighted by Gasteiger charge is -2.12. The van der Waals surface area contributed by atoms with Gasteiger partial charge in [-0.1, -0.05) is 56.9 Å². The Morgan fingerprint density at radius 3 is 2.24 bits per heavy atom. The van der Waals surface area contributed by atoms with Crippen molar-refractivity contribution in [2.75, 3.05) is 0 Å². The zero-order valence-corrected chi connectivity index (χ0v) is 13.6. The van der Waals surface area contributed by atoms with Crippen LogP contribution in [0.4, 0.5) is 0 Å². The predicted octanol–water partition coefficient (Wildman–Crippen LogP) is 5.76. The van der Waals surface area contributed by atoms with Gasteiger partial charge in [-0.2, -0.15) is 0 Å². The summed E-state index contributed by atoms with van der Waals surface area (Å²) in [5.74, 6) is -0.416. The fraction of sp³-hybridized carbons (Fsp3) is 0.632. The fourth-order valence-electron chi connectivity index (χ4n) is 2.48. The molecule has 0 saturated heterocycles. The molecule has 2 atom stereocenters. The highest BCUT2D eigenvalue weighted by molar-refractivity contribution is 5.70. The van der Waals surface area contributed by atoms with Gasteiger partial charge in [0.05, 0.1) is 5.92 Å². The van der Waals surface area contributed by atoms with Crippen molar-refractivity contribution in [3.63, 3.8) is 0 Å². The molecule has 0 fully saturated rings. The van der Waals surface area contributed by atoms with Gasteiger partial charge < -0.3 is 5.11 Å². The molecule has 21 heavy (non-hydrogen) atoms. The number of hydrogen-bond donors (Lipinski definition) is 1. The van der Waals surface area contributed by atoms with Gasteiger partial charge in [-0.25, -0.2) is 0 Å². The second-order valence-electron chi connectivity index (χ2n) is 5.74. The number of hydrogen-bond acceptors (Lipinski definition) is 1. The number of unbranched alkanes of at least 4 members (excludes halogenated alkanes) is 3. The summed E-state index contributed by atoms with van der Waals surface area (Å²) in [6.45, 7) is 9.68. The lowest BCUT2D eigenvalue weighted by Crippen LogP contribution is -2.11. The Morgan fingerprint density at radius 2 is 1.67 bits per heavy atom. The van der Waals surface area contributed by atoms with Gasteiger partial charge in [-0.3, -0.25) is 4.79 Å². The van der Waals surface area contributed by atoms with E-state index in [1.165, 1.54) is 32.1 Å². The first-order valence-corrected chi connectivity index (χ1v) is 8.25. The molecule has 2 nitrogen and oxygen atoms in total. The van der Waals surface area contributed by atoms with E-state index in [9.17, 15) is 4.79 Å². The maximum Gasteiger partial charge on any atom is 0.307 e. The Labute approximate surface area is 130 Å². The van der Waals surface area contributed by atoms with Crippen molar-refractivity contribution in [1.82, 2.24) is 0 Å². The predicted molar refractivity (Wildman–Crippen MR) is 91.4 cm³/mol. The summed E-state index contributed by atoms with van der Waals surface area (Å²) >= 11 is 0. The SMILES string of the molecule is C=CCC(CC=CCC(CC=C)C(=O)O)CCCCCC. The van der Waals surface area contributed by atoms with Gasteiger partial charge in [0.1, 0.15) is 0 Å². The Balaban J connectivity index is 4.08. The number of carbonyl (C=O) groups is 1. The molecule has 120 valence electrons. The first-order chi connectivity index (χ1) is 10.2. The molecule has 0 radical (unpaired) electrons. The third-order valence-corrected chi connectivity index (χ3v) is 3.82. The molecule has 0 aliphatic carbocycles. The van der Waals surface area contributed by atoms with Crippen LogP contribution in [0.3, 0.4) is 0 Å². The van der Waals surface area contributed by atoms with Crippen LogP contribution in [-0.2, 0) is 4.79 Å². The average molecular weight is 292 g/mol. The molecule has 0 bridgehead atoms. The van der Waals surface area contributed by atoms with Crippen molar-refractivity contribution < 1.29 is 9.90 Å². The van der Waals surface area contributed by atoms with E-state index in [1.807, 2.05) is 12.2 Å². The number of carboxylic acid groups (broad SMARTS) is 1. The molecule has 2 unspecified atom stereocenters. The highest BCUT2D eigenvalue weighted by Gasteiger charge is 2.13. The van der Waals surface area contributed by atoms with E-state index in [0.717, 1.165) is 12.8 Å². The molecule has 0 spiro atoms. The Bertz CT molecular complexity index is 318. The molecule has 0 saturated carbocycles. The van der Waals surface area contributed by atoms with Crippen molar-refractivity contribution in [2.45, 2.75) is 64.7 Å². The fourth-order valence-corrected chi connectivity index (χ4v) is 2.48. The maximum absolute atomic E-state index is 11.0. The summed E-state index contributed by atoms with van der Waals surface area (Å²) < 4.78 is 0. The second kappa shape index (κ2) is 13.7. The lowest BCUT2D eigenvalue weighted by atomic mass is 9.93. The third kappa shape index (κ3) is 11.1. The minimum atomic E-state index is -0.734. The Morgan fingerprint density at radius 1 is 1.00 bits per heavy atom. The van der Waals surface area contributed by atoms with Crippen LogP contribution in [0.25, 0.3) is 0 Å². The molecule has 0 heterocycles. The first-order valence-electron chi connectivity index (χ1n) is 8.25. The Kier molecular flexibility index (Phi) is 12.8. The van der Waals surface area contributed by atoms with E-state index in [0.29, 0.717) is 18.8 Å². The zero-order chi connectivity index (χ0) is 15.9. The quantitative estimate of drug-likeness (QED) is 0.326. The molecule has 0 aliphatic heterocycles. The van der Waals surface area contributed by atoms with E-state index >= 15 is 0 Å². The van der Waals surface area contributed by atoms with Crippen molar-refractivity contribution in [1.29, 1.82) is 0 Å². The molecule has 0 aromatic carbocycles. The minimum Gasteiger partial charge on any atom is -0.481 e. The van der Waals surface area contributed by atoms with Gasteiger partial charge in [-0.05, 0) is 38.0 Å². The molecule has 0 aromatic rings. The summed E-state index contributed by atoms with van der Waals surface area (Å²) in [6.07, 6.45) is 17.5.